The van der Waals surface area contributed by atoms with Crippen LogP contribution in [-0.4, -0.2) is 27.4 Å². The molecule has 1 aliphatic carbocycles. The maximum atomic E-state index is 8.96. The van der Waals surface area contributed by atoms with Gasteiger partial charge in [-0.25, -0.2) is 9.97 Å². The fourth-order valence-corrected chi connectivity index (χ4v) is 2.76. The van der Waals surface area contributed by atoms with Crippen molar-refractivity contribution in [3.05, 3.63) is 16.5 Å². The molecule has 1 aliphatic rings. The Morgan fingerprint density at radius 3 is 2.94 bits per heavy atom. The molecule has 1 aromatic heterocycles. The predicted octanol–water partition coefficient (Wildman–Crippen LogP) is 2.84. The van der Waals surface area contributed by atoms with E-state index in [1.807, 2.05) is 13.0 Å². The summed E-state index contributed by atoms with van der Waals surface area (Å²) in [7, 11) is 0. The van der Waals surface area contributed by atoms with Crippen LogP contribution in [0.25, 0.3) is 0 Å². The van der Waals surface area contributed by atoms with Gasteiger partial charge in [-0.2, -0.15) is 0 Å². The van der Waals surface area contributed by atoms with Crippen LogP contribution in [-0.2, 0) is 0 Å². The van der Waals surface area contributed by atoms with Gasteiger partial charge in [0.2, 0.25) is 0 Å². The largest absolute Gasteiger partial charge is 0.396 e. The molecule has 3 nitrogen and oxygen atoms in total. The number of aliphatic hydroxyl groups excluding tert-OH is 1. The average molecular weight is 303 g/mol. The normalized spacial score (nSPS) is 17.4. The van der Waals surface area contributed by atoms with Gasteiger partial charge in [-0.05, 0) is 34.7 Å². The number of rotatable bonds is 5. The standard InChI is InChI=1S/C11H15BrN2OS/c1-7(5-15)6-16-10-4-9(12)13-11(14-10)8-2-3-8/h4,7-8,15H,2-3,5-6H2,1H3. The van der Waals surface area contributed by atoms with E-state index in [-0.39, 0.29) is 6.61 Å². The third-order valence-corrected chi connectivity index (χ3v) is 4.11. The third kappa shape index (κ3) is 3.43. The van der Waals surface area contributed by atoms with Crippen molar-refractivity contribution in [2.75, 3.05) is 12.4 Å². The van der Waals surface area contributed by atoms with Crippen LogP contribution in [0.3, 0.4) is 0 Å². The van der Waals surface area contributed by atoms with E-state index in [1.54, 1.807) is 11.8 Å². The van der Waals surface area contributed by atoms with Crippen LogP contribution in [0.2, 0.25) is 0 Å². The fourth-order valence-electron chi connectivity index (χ4n) is 1.29. The first-order chi connectivity index (χ1) is 7.69. The summed E-state index contributed by atoms with van der Waals surface area (Å²) in [4.78, 5) is 8.93. The Kier molecular flexibility index (Phi) is 4.21. The van der Waals surface area contributed by atoms with Gasteiger partial charge in [0, 0.05) is 24.3 Å². The summed E-state index contributed by atoms with van der Waals surface area (Å²) >= 11 is 5.10. The molecule has 0 aromatic carbocycles. The predicted molar refractivity (Wildman–Crippen MR) is 68.7 cm³/mol. The molecule has 1 atom stereocenters. The summed E-state index contributed by atoms with van der Waals surface area (Å²) in [6, 6.07) is 1.95. The van der Waals surface area contributed by atoms with Crippen molar-refractivity contribution < 1.29 is 5.11 Å². The lowest BCUT2D eigenvalue weighted by Gasteiger charge is -2.07. The highest BCUT2D eigenvalue weighted by Crippen LogP contribution is 2.39. The zero-order chi connectivity index (χ0) is 11.5. The van der Waals surface area contributed by atoms with Gasteiger partial charge in [0.15, 0.2) is 0 Å². The quantitative estimate of drug-likeness (QED) is 0.671. The van der Waals surface area contributed by atoms with Crippen molar-refractivity contribution in [3.8, 4) is 0 Å². The molecular formula is C11H15BrN2OS. The van der Waals surface area contributed by atoms with Crippen molar-refractivity contribution in [1.29, 1.82) is 0 Å². The fraction of sp³-hybridized carbons (Fsp3) is 0.636. The topological polar surface area (TPSA) is 46.0 Å². The van der Waals surface area contributed by atoms with Gasteiger partial charge in [0.25, 0.3) is 0 Å². The van der Waals surface area contributed by atoms with E-state index in [4.69, 9.17) is 5.11 Å². The molecule has 88 valence electrons. The van der Waals surface area contributed by atoms with Gasteiger partial charge in [-0.1, -0.05) is 6.92 Å². The van der Waals surface area contributed by atoms with Crippen LogP contribution in [0.4, 0.5) is 0 Å². The number of nitrogens with zero attached hydrogens (tertiary/aromatic N) is 2. The molecule has 1 fully saturated rings. The monoisotopic (exact) mass is 302 g/mol. The summed E-state index contributed by atoms with van der Waals surface area (Å²) < 4.78 is 0.864. The number of hydrogen-bond acceptors (Lipinski definition) is 4. The third-order valence-electron chi connectivity index (χ3n) is 2.46. The molecule has 0 saturated heterocycles. The number of aromatic nitrogens is 2. The zero-order valence-electron chi connectivity index (χ0n) is 9.19. The first kappa shape index (κ1) is 12.3. The highest BCUT2D eigenvalue weighted by atomic mass is 79.9. The summed E-state index contributed by atoms with van der Waals surface area (Å²) in [6.45, 7) is 2.26. The molecule has 16 heavy (non-hydrogen) atoms. The van der Waals surface area contributed by atoms with Crippen LogP contribution in [0, 0.1) is 5.92 Å². The molecule has 0 aliphatic heterocycles. The first-order valence-electron chi connectivity index (χ1n) is 5.47. The number of thioether (sulfide) groups is 1. The van der Waals surface area contributed by atoms with E-state index in [9.17, 15) is 0 Å². The molecule has 5 heteroatoms. The second-order valence-corrected chi connectivity index (χ2v) is 6.11. The maximum Gasteiger partial charge on any atom is 0.134 e. The van der Waals surface area contributed by atoms with E-state index >= 15 is 0 Å². The second kappa shape index (κ2) is 5.47. The van der Waals surface area contributed by atoms with Crippen LogP contribution in [0.5, 0.6) is 0 Å². The Hall–Kier alpha value is -0.130. The van der Waals surface area contributed by atoms with Crippen molar-refractivity contribution in [1.82, 2.24) is 9.97 Å². The minimum atomic E-state index is 0.231. The number of halogens is 1. The van der Waals surface area contributed by atoms with Gasteiger partial charge in [0.1, 0.15) is 15.5 Å². The summed E-state index contributed by atoms with van der Waals surface area (Å²) in [5.41, 5.74) is 0. The van der Waals surface area contributed by atoms with E-state index < -0.39 is 0 Å². The molecule has 1 aromatic rings. The second-order valence-electron chi connectivity index (χ2n) is 4.26. The van der Waals surface area contributed by atoms with Crippen LogP contribution >= 0.6 is 27.7 Å². The summed E-state index contributed by atoms with van der Waals surface area (Å²) in [5, 5.41) is 9.97. The van der Waals surface area contributed by atoms with E-state index in [1.165, 1.54) is 12.8 Å². The highest BCUT2D eigenvalue weighted by molar-refractivity contribution is 9.10. The van der Waals surface area contributed by atoms with Gasteiger partial charge in [0.05, 0.1) is 0 Å². The van der Waals surface area contributed by atoms with Crippen LogP contribution < -0.4 is 0 Å². The molecule has 0 radical (unpaired) electrons. The lowest BCUT2D eigenvalue weighted by molar-refractivity contribution is 0.250. The van der Waals surface area contributed by atoms with Crippen LogP contribution in [0.1, 0.15) is 31.5 Å². The van der Waals surface area contributed by atoms with Crippen LogP contribution in [0.15, 0.2) is 15.7 Å². The lowest BCUT2D eigenvalue weighted by Crippen LogP contribution is -2.04. The van der Waals surface area contributed by atoms with Crippen molar-refractivity contribution in [2.24, 2.45) is 5.92 Å². The minimum Gasteiger partial charge on any atom is -0.396 e. The lowest BCUT2D eigenvalue weighted by atomic mass is 10.2. The molecule has 1 unspecified atom stereocenters. The number of aliphatic hydroxyl groups is 1. The van der Waals surface area contributed by atoms with Crippen molar-refractivity contribution in [3.63, 3.8) is 0 Å². The van der Waals surface area contributed by atoms with Gasteiger partial charge in [-0.3, -0.25) is 0 Å². The minimum absolute atomic E-state index is 0.231. The van der Waals surface area contributed by atoms with Gasteiger partial charge >= 0.3 is 0 Å². The molecule has 1 saturated carbocycles. The summed E-state index contributed by atoms with van der Waals surface area (Å²) in [5.74, 6) is 2.74. The highest BCUT2D eigenvalue weighted by Gasteiger charge is 2.27. The Morgan fingerprint density at radius 1 is 1.56 bits per heavy atom. The van der Waals surface area contributed by atoms with E-state index in [0.29, 0.717) is 11.8 Å². The Balaban J connectivity index is 2.02. The SMILES string of the molecule is CC(CO)CSc1cc(Br)nc(C2CC2)n1. The van der Waals surface area contributed by atoms with Gasteiger partial charge in [-0.15, -0.1) is 11.8 Å². The number of hydrogen-bond donors (Lipinski definition) is 1. The molecule has 0 spiro atoms. The molecule has 2 rings (SSSR count). The smallest absolute Gasteiger partial charge is 0.134 e. The molecule has 1 heterocycles. The Morgan fingerprint density at radius 2 is 2.31 bits per heavy atom. The average Bonchev–Trinajstić information content (AvgIpc) is 3.09. The zero-order valence-corrected chi connectivity index (χ0v) is 11.6. The molecule has 1 N–H and O–H groups in total. The molecular weight excluding hydrogens is 288 g/mol. The van der Waals surface area contributed by atoms with Crippen molar-refractivity contribution in [2.45, 2.75) is 30.7 Å². The molecule has 0 amide bonds. The van der Waals surface area contributed by atoms with E-state index in [2.05, 4.69) is 25.9 Å². The Labute approximate surface area is 108 Å². The van der Waals surface area contributed by atoms with E-state index in [0.717, 1.165) is 21.2 Å². The first-order valence-corrected chi connectivity index (χ1v) is 7.25. The van der Waals surface area contributed by atoms with Crippen molar-refractivity contribution >= 4 is 27.7 Å². The van der Waals surface area contributed by atoms with Gasteiger partial charge < -0.3 is 5.11 Å². The summed E-state index contributed by atoms with van der Waals surface area (Å²) in [6.07, 6.45) is 2.43. The molecule has 0 bridgehead atoms. The Bertz CT molecular complexity index is 371. The maximum absolute atomic E-state index is 8.96.